The highest BCUT2D eigenvalue weighted by atomic mass is 16.2. The maximum absolute atomic E-state index is 13.3. The Balaban J connectivity index is 1.66. The van der Waals surface area contributed by atoms with Gasteiger partial charge >= 0.3 is 0 Å². The quantitative estimate of drug-likeness (QED) is 0.527. The van der Waals surface area contributed by atoms with Crippen LogP contribution in [0.3, 0.4) is 0 Å². The first kappa shape index (κ1) is 17.0. The van der Waals surface area contributed by atoms with Crippen molar-refractivity contribution in [1.29, 1.82) is 0 Å². The van der Waals surface area contributed by atoms with Crippen molar-refractivity contribution >= 4 is 17.2 Å². The second-order valence-electron chi connectivity index (χ2n) is 6.55. The number of hydrogen-bond acceptors (Lipinski definition) is 2. The van der Waals surface area contributed by atoms with Crippen LogP contribution in [0.25, 0.3) is 5.65 Å². The van der Waals surface area contributed by atoms with Crippen molar-refractivity contribution in [1.82, 2.24) is 9.38 Å². The lowest BCUT2D eigenvalue weighted by Gasteiger charge is -2.22. The molecule has 2 heterocycles. The van der Waals surface area contributed by atoms with Crippen LogP contribution >= 0.6 is 0 Å². The van der Waals surface area contributed by atoms with E-state index in [0.717, 1.165) is 23.4 Å². The molecule has 0 aliphatic heterocycles. The summed E-state index contributed by atoms with van der Waals surface area (Å²) in [6, 6.07) is 25.9. The first-order chi connectivity index (χ1) is 13.2. The van der Waals surface area contributed by atoms with Gasteiger partial charge < -0.3 is 9.30 Å². The van der Waals surface area contributed by atoms with Crippen LogP contribution in [0.15, 0.2) is 85.1 Å². The number of imidazole rings is 1. The van der Waals surface area contributed by atoms with Crippen molar-refractivity contribution in [3.63, 3.8) is 0 Å². The zero-order valence-electron chi connectivity index (χ0n) is 15.2. The lowest BCUT2D eigenvalue weighted by atomic mass is 10.1. The molecule has 0 radical (unpaired) electrons. The maximum Gasteiger partial charge on any atom is 0.278 e. The van der Waals surface area contributed by atoms with Crippen LogP contribution in [0, 0.1) is 6.92 Å². The molecule has 4 heteroatoms. The smallest absolute Gasteiger partial charge is 0.278 e. The van der Waals surface area contributed by atoms with Crippen LogP contribution in [0.4, 0.5) is 5.69 Å². The van der Waals surface area contributed by atoms with E-state index in [1.165, 1.54) is 5.56 Å². The minimum Gasteiger partial charge on any atom is -0.307 e. The molecule has 2 aromatic carbocycles. The molecule has 27 heavy (non-hydrogen) atoms. The van der Waals surface area contributed by atoms with Crippen molar-refractivity contribution in [3.8, 4) is 0 Å². The van der Waals surface area contributed by atoms with E-state index in [0.29, 0.717) is 12.2 Å². The van der Waals surface area contributed by atoms with Crippen molar-refractivity contribution in [2.24, 2.45) is 0 Å². The van der Waals surface area contributed by atoms with Gasteiger partial charge in [-0.3, -0.25) is 4.79 Å². The molecule has 2 aromatic heterocycles. The average molecular weight is 355 g/mol. The fourth-order valence-corrected chi connectivity index (χ4v) is 3.23. The molecule has 0 atom stereocenters. The largest absolute Gasteiger partial charge is 0.307 e. The lowest BCUT2D eigenvalue weighted by molar-refractivity contribution is 0.0983. The molecule has 0 saturated heterocycles. The molecule has 134 valence electrons. The van der Waals surface area contributed by atoms with E-state index in [1.807, 2.05) is 89.2 Å². The summed E-state index contributed by atoms with van der Waals surface area (Å²) >= 11 is 0. The molecule has 1 amide bonds. The molecule has 0 aliphatic rings. The topological polar surface area (TPSA) is 37.6 Å². The molecular formula is C23H21N3O. The third kappa shape index (κ3) is 3.60. The van der Waals surface area contributed by atoms with Gasteiger partial charge in [0.15, 0.2) is 0 Å². The van der Waals surface area contributed by atoms with Gasteiger partial charge in [0.25, 0.3) is 5.91 Å². The Labute approximate surface area is 158 Å². The second kappa shape index (κ2) is 7.46. The van der Waals surface area contributed by atoms with E-state index >= 15 is 0 Å². The Morgan fingerprint density at radius 2 is 1.63 bits per heavy atom. The standard InChI is InChI=1S/C23H21N3O/c1-18-9-8-14-22-24-21(17-26(18)22)23(27)25(20-12-6-3-7-13-20)16-15-19-10-4-2-5-11-19/h2-14,17H,15-16H2,1H3. The van der Waals surface area contributed by atoms with Gasteiger partial charge in [-0.2, -0.15) is 0 Å². The molecule has 0 unspecified atom stereocenters. The highest BCUT2D eigenvalue weighted by Crippen LogP contribution is 2.18. The number of aryl methyl sites for hydroxylation is 1. The van der Waals surface area contributed by atoms with Crippen molar-refractivity contribution < 1.29 is 4.79 Å². The van der Waals surface area contributed by atoms with Gasteiger partial charge in [-0.1, -0.05) is 54.6 Å². The summed E-state index contributed by atoms with van der Waals surface area (Å²) in [4.78, 5) is 19.7. The number of nitrogens with zero attached hydrogens (tertiary/aromatic N) is 3. The Hall–Kier alpha value is -3.40. The number of para-hydroxylation sites is 1. The molecule has 0 spiro atoms. The number of hydrogen-bond donors (Lipinski definition) is 0. The lowest BCUT2D eigenvalue weighted by Crippen LogP contribution is -2.33. The van der Waals surface area contributed by atoms with Crippen molar-refractivity contribution in [2.45, 2.75) is 13.3 Å². The monoisotopic (exact) mass is 355 g/mol. The maximum atomic E-state index is 13.3. The Kier molecular flexibility index (Phi) is 4.71. The first-order valence-corrected chi connectivity index (χ1v) is 9.08. The van der Waals surface area contributed by atoms with Gasteiger partial charge in [0.1, 0.15) is 11.3 Å². The summed E-state index contributed by atoms with van der Waals surface area (Å²) in [5.74, 6) is -0.0831. The summed E-state index contributed by atoms with van der Waals surface area (Å²) in [7, 11) is 0. The van der Waals surface area contributed by atoms with Gasteiger partial charge in [-0.05, 0) is 43.2 Å². The molecule has 0 N–H and O–H groups in total. The van der Waals surface area contributed by atoms with E-state index in [9.17, 15) is 4.79 Å². The third-order valence-electron chi connectivity index (χ3n) is 4.69. The molecule has 0 bridgehead atoms. The molecule has 0 saturated carbocycles. The number of carbonyl (C=O) groups excluding carboxylic acids is 1. The van der Waals surface area contributed by atoms with Crippen LogP contribution in [0.1, 0.15) is 21.7 Å². The predicted molar refractivity (Wildman–Crippen MR) is 108 cm³/mol. The summed E-state index contributed by atoms with van der Waals surface area (Å²) in [6.45, 7) is 2.60. The van der Waals surface area contributed by atoms with Gasteiger partial charge in [0.2, 0.25) is 0 Å². The van der Waals surface area contributed by atoms with Gasteiger partial charge in [-0.15, -0.1) is 0 Å². The minimum atomic E-state index is -0.0831. The van der Waals surface area contributed by atoms with E-state index in [2.05, 4.69) is 17.1 Å². The number of rotatable bonds is 5. The number of amides is 1. The number of pyridine rings is 1. The number of aromatic nitrogens is 2. The van der Waals surface area contributed by atoms with Gasteiger partial charge in [0.05, 0.1) is 0 Å². The van der Waals surface area contributed by atoms with Crippen LogP contribution < -0.4 is 4.90 Å². The van der Waals surface area contributed by atoms with Gasteiger partial charge in [-0.25, -0.2) is 4.98 Å². The fourth-order valence-electron chi connectivity index (χ4n) is 3.23. The summed E-state index contributed by atoms with van der Waals surface area (Å²) in [6.07, 6.45) is 2.61. The molecule has 4 aromatic rings. The van der Waals surface area contributed by atoms with Crippen molar-refractivity contribution in [2.75, 3.05) is 11.4 Å². The van der Waals surface area contributed by atoms with Crippen LogP contribution in [-0.2, 0) is 6.42 Å². The van der Waals surface area contributed by atoms with Gasteiger partial charge in [0, 0.05) is 24.1 Å². The Morgan fingerprint density at radius 3 is 2.33 bits per heavy atom. The number of fused-ring (bicyclic) bond motifs is 1. The molecule has 0 fully saturated rings. The summed E-state index contributed by atoms with van der Waals surface area (Å²) < 4.78 is 1.95. The zero-order valence-corrected chi connectivity index (χ0v) is 15.2. The zero-order chi connectivity index (χ0) is 18.6. The average Bonchev–Trinajstić information content (AvgIpc) is 3.15. The van der Waals surface area contributed by atoms with Crippen LogP contribution in [-0.4, -0.2) is 21.8 Å². The van der Waals surface area contributed by atoms with Crippen molar-refractivity contribution in [3.05, 3.63) is 102 Å². The predicted octanol–water partition coefficient (Wildman–Crippen LogP) is 4.53. The second-order valence-corrected chi connectivity index (χ2v) is 6.55. The third-order valence-corrected chi connectivity index (χ3v) is 4.69. The van der Waals surface area contributed by atoms with E-state index in [4.69, 9.17) is 0 Å². The normalized spacial score (nSPS) is 10.9. The fraction of sp³-hybridized carbons (Fsp3) is 0.130. The van der Waals surface area contributed by atoms with Crippen LogP contribution in [0.5, 0.6) is 0 Å². The number of anilines is 1. The molecule has 0 aliphatic carbocycles. The Bertz CT molecular complexity index is 1050. The van der Waals surface area contributed by atoms with E-state index in [-0.39, 0.29) is 5.91 Å². The minimum absolute atomic E-state index is 0.0831. The van der Waals surface area contributed by atoms with Crippen LogP contribution in [0.2, 0.25) is 0 Å². The number of benzene rings is 2. The molecule has 4 nitrogen and oxygen atoms in total. The summed E-state index contributed by atoms with van der Waals surface area (Å²) in [5.41, 5.74) is 4.38. The molecule has 4 rings (SSSR count). The SMILES string of the molecule is Cc1cccc2nc(C(=O)N(CCc3ccccc3)c3ccccc3)cn12. The Morgan fingerprint density at radius 1 is 0.926 bits per heavy atom. The highest BCUT2D eigenvalue weighted by molar-refractivity contribution is 6.05. The molecular weight excluding hydrogens is 334 g/mol. The number of carbonyl (C=O) groups is 1. The van der Waals surface area contributed by atoms with E-state index in [1.54, 1.807) is 0 Å². The highest BCUT2D eigenvalue weighted by Gasteiger charge is 2.20. The van der Waals surface area contributed by atoms with E-state index < -0.39 is 0 Å². The summed E-state index contributed by atoms with van der Waals surface area (Å²) in [5, 5.41) is 0. The first-order valence-electron chi connectivity index (χ1n) is 9.08.